The maximum Gasteiger partial charge on any atom is 0.322 e. The lowest BCUT2D eigenvalue weighted by molar-refractivity contribution is -0.385. The Kier molecular flexibility index (Phi) is 4.61. The summed E-state index contributed by atoms with van der Waals surface area (Å²) in [5.74, 6) is 0.0000912. The number of hydrogen-bond donors (Lipinski definition) is 1. The Morgan fingerprint density at radius 3 is 2.62 bits per heavy atom. The lowest BCUT2D eigenvalue weighted by Gasteiger charge is -2.07. The Morgan fingerprint density at radius 2 is 2.10 bits per heavy atom. The lowest BCUT2D eigenvalue weighted by Crippen LogP contribution is -2.01. The molecule has 0 aliphatic heterocycles. The molecule has 0 saturated heterocycles. The number of aromatic nitrogens is 2. The van der Waals surface area contributed by atoms with E-state index in [1.165, 1.54) is 18.5 Å². The van der Waals surface area contributed by atoms with Gasteiger partial charge in [-0.25, -0.2) is 9.97 Å². The fraction of sp³-hybridized carbons (Fsp3) is 0.0833. The van der Waals surface area contributed by atoms with Crippen molar-refractivity contribution in [2.75, 3.05) is 0 Å². The highest BCUT2D eigenvalue weighted by molar-refractivity contribution is 14.1. The van der Waals surface area contributed by atoms with Crippen LogP contribution >= 0.6 is 22.6 Å². The molecule has 1 aromatic heterocycles. The summed E-state index contributed by atoms with van der Waals surface area (Å²) in [6, 6.07) is 4.46. The highest BCUT2D eigenvalue weighted by Crippen LogP contribution is 2.35. The molecule has 9 heteroatoms. The van der Waals surface area contributed by atoms with Gasteiger partial charge in [0.25, 0.3) is 0 Å². The third-order valence-electron chi connectivity index (χ3n) is 2.46. The summed E-state index contributed by atoms with van der Waals surface area (Å²) in [7, 11) is 0. The summed E-state index contributed by atoms with van der Waals surface area (Å²) in [6.45, 7) is 0.287. The average molecular weight is 397 g/mol. The summed E-state index contributed by atoms with van der Waals surface area (Å²) in [5.41, 5.74) is 6.01. The maximum absolute atomic E-state index is 11.1. The van der Waals surface area contributed by atoms with E-state index in [0.717, 1.165) is 6.07 Å². The predicted molar refractivity (Wildman–Crippen MR) is 80.5 cm³/mol. The van der Waals surface area contributed by atoms with Gasteiger partial charge in [-0.2, -0.15) is 5.26 Å². The van der Waals surface area contributed by atoms with Crippen molar-refractivity contribution in [1.29, 1.82) is 5.26 Å². The number of hydrogen-bond acceptors (Lipinski definition) is 7. The molecule has 0 atom stereocenters. The summed E-state index contributed by atoms with van der Waals surface area (Å²) in [5, 5.41) is 19.9. The second-order valence-electron chi connectivity index (χ2n) is 3.86. The first-order valence-corrected chi connectivity index (χ1v) is 6.70. The van der Waals surface area contributed by atoms with E-state index in [2.05, 4.69) is 9.97 Å². The van der Waals surface area contributed by atoms with E-state index >= 15 is 0 Å². The lowest BCUT2D eigenvalue weighted by atomic mass is 10.2. The van der Waals surface area contributed by atoms with Gasteiger partial charge < -0.3 is 10.5 Å². The predicted octanol–water partition coefficient (Wildman–Crippen LogP) is 2.11. The van der Waals surface area contributed by atoms with Gasteiger partial charge in [-0.15, -0.1) is 0 Å². The van der Waals surface area contributed by atoms with Crippen molar-refractivity contribution in [3.8, 4) is 17.8 Å². The Labute approximate surface area is 132 Å². The average Bonchev–Trinajstić information content (AvgIpc) is 2.49. The molecule has 0 radical (unpaired) electrons. The molecule has 106 valence electrons. The Balaban J connectivity index is 2.43. The highest BCUT2D eigenvalue weighted by atomic mass is 127. The molecule has 0 amide bonds. The van der Waals surface area contributed by atoms with Gasteiger partial charge in [-0.05, 0) is 28.7 Å². The molecule has 2 aromatic rings. The fourth-order valence-electron chi connectivity index (χ4n) is 1.47. The van der Waals surface area contributed by atoms with Crippen molar-refractivity contribution < 1.29 is 9.66 Å². The smallest absolute Gasteiger partial charge is 0.322 e. The Bertz CT molecular complexity index is 727. The van der Waals surface area contributed by atoms with Crippen LogP contribution in [0.25, 0.3) is 0 Å². The molecule has 0 fully saturated rings. The van der Waals surface area contributed by atoms with E-state index < -0.39 is 4.92 Å². The molecule has 21 heavy (non-hydrogen) atoms. The van der Waals surface area contributed by atoms with Gasteiger partial charge in [0.05, 0.1) is 20.1 Å². The monoisotopic (exact) mass is 397 g/mol. The number of nitro benzene ring substituents is 1. The Hall–Kier alpha value is -2.32. The van der Waals surface area contributed by atoms with E-state index in [1.54, 1.807) is 0 Å². The molecule has 8 nitrogen and oxygen atoms in total. The molecule has 0 aliphatic carbocycles. The minimum absolute atomic E-state index is 0.0000912. The minimum Gasteiger partial charge on any atom is -0.416 e. The van der Waals surface area contributed by atoms with Gasteiger partial charge in [-0.3, -0.25) is 10.1 Å². The SMILES string of the molecule is N#Cc1cc(I)c(Oc2ncc(CN)cn2)c([N+](=O)[O-])c1. The van der Waals surface area contributed by atoms with Crippen molar-refractivity contribution in [3.05, 3.63) is 49.3 Å². The number of nitro groups is 1. The van der Waals surface area contributed by atoms with Crippen LogP contribution in [-0.4, -0.2) is 14.9 Å². The van der Waals surface area contributed by atoms with Gasteiger partial charge in [0.2, 0.25) is 5.75 Å². The number of nitrogens with two attached hydrogens (primary N) is 1. The zero-order chi connectivity index (χ0) is 15.4. The van der Waals surface area contributed by atoms with Crippen LogP contribution in [0, 0.1) is 25.0 Å². The molecule has 0 spiro atoms. The zero-order valence-corrected chi connectivity index (χ0v) is 12.6. The van der Waals surface area contributed by atoms with E-state index in [-0.39, 0.29) is 29.6 Å². The van der Waals surface area contributed by atoms with E-state index in [0.29, 0.717) is 9.13 Å². The van der Waals surface area contributed by atoms with Gasteiger partial charge in [0.15, 0.2) is 0 Å². The Morgan fingerprint density at radius 1 is 1.43 bits per heavy atom. The van der Waals surface area contributed by atoms with Crippen LogP contribution in [0.2, 0.25) is 0 Å². The molecular weight excluding hydrogens is 389 g/mol. The van der Waals surface area contributed by atoms with Crippen molar-refractivity contribution >= 4 is 28.3 Å². The van der Waals surface area contributed by atoms with Gasteiger partial charge >= 0.3 is 11.7 Å². The van der Waals surface area contributed by atoms with E-state index in [1.807, 2.05) is 28.7 Å². The van der Waals surface area contributed by atoms with Crippen LogP contribution in [0.5, 0.6) is 11.8 Å². The van der Waals surface area contributed by atoms with Gasteiger partial charge in [0.1, 0.15) is 0 Å². The molecule has 2 N–H and O–H groups in total. The van der Waals surface area contributed by atoms with Crippen molar-refractivity contribution in [3.63, 3.8) is 0 Å². The van der Waals surface area contributed by atoms with Crippen LogP contribution in [0.1, 0.15) is 11.1 Å². The topological polar surface area (TPSA) is 128 Å². The molecule has 0 bridgehead atoms. The molecule has 0 unspecified atom stereocenters. The molecular formula is C12H8IN5O3. The molecule has 2 rings (SSSR count). The summed E-state index contributed by atoms with van der Waals surface area (Å²) >= 11 is 1.85. The quantitative estimate of drug-likeness (QED) is 0.475. The second kappa shape index (κ2) is 6.42. The second-order valence-corrected chi connectivity index (χ2v) is 5.02. The fourth-order valence-corrected chi connectivity index (χ4v) is 2.19. The number of nitrogens with zero attached hydrogens (tertiary/aromatic N) is 4. The van der Waals surface area contributed by atoms with Gasteiger partial charge in [-0.1, -0.05) is 0 Å². The molecule has 1 aromatic carbocycles. The zero-order valence-electron chi connectivity index (χ0n) is 10.5. The summed E-state index contributed by atoms with van der Waals surface area (Å²) in [4.78, 5) is 18.3. The third-order valence-corrected chi connectivity index (χ3v) is 3.26. The number of rotatable bonds is 4. The van der Waals surface area contributed by atoms with Crippen LogP contribution in [-0.2, 0) is 6.54 Å². The number of nitriles is 1. The van der Waals surface area contributed by atoms with Crippen LogP contribution in [0.4, 0.5) is 5.69 Å². The normalized spacial score (nSPS) is 9.95. The first-order valence-electron chi connectivity index (χ1n) is 5.62. The summed E-state index contributed by atoms with van der Waals surface area (Å²) in [6.07, 6.45) is 2.95. The van der Waals surface area contributed by atoms with E-state index in [4.69, 9.17) is 15.7 Å². The van der Waals surface area contributed by atoms with E-state index in [9.17, 15) is 10.1 Å². The number of ether oxygens (including phenoxy) is 1. The van der Waals surface area contributed by atoms with Crippen LogP contribution < -0.4 is 10.5 Å². The molecule has 1 heterocycles. The standard InChI is InChI=1S/C12H8IN5O3/c13-9-1-7(3-14)2-10(18(19)20)11(9)21-12-16-5-8(4-15)6-17-12/h1-2,5-6H,4,15H2. The first-order chi connectivity index (χ1) is 10.0. The van der Waals surface area contributed by atoms with Crippen LogP contribution in [0.15, 0.2) is 24.5 Å². The number of halogens is 1. The minimum atomic E-state index is -0.618. The van der Waals surface area contributed by atoms with Crippen molar-refractivity contribution in [2.45, 2.75) is 6.54 Å². The van der Waals surface area contributed by atoms with Crippen molar-refractivity contribution in [2.24, 2.45) is 5.73 Å². The highest BCUT2D eigenvalue weighted by Gasteiger charge is 2.22. The van der Waals surface area contributed by atoms with Crippen molar-refractivity contribution in [1.82, 2.24) is 9.97 Å². The van der Waals surface area contributed by atoms with Crippen LogP contribution in [0.3, 0.4) is 0 Å². The molecule has 0 saturated carbocycles. The number of benzene rings is 1. The largest absolute Gasteiger partial charge is 0.416 e. The van der Waals surface area contributed by atoms with Gasteiger partial charge in [0, 0.05) is 30.6 Å². The first kappa shape index (κ1) is 15.1. The summed E-state index contributed by atoms with van der Waals surface area (Å²) < 4.78 is 5.80. The molecule has 0 aliphatic rings. The maximum atomic E-state index is 11.1. The third kappa shape index (κ3) is 3.41.